The molecule has 0 aromatic heterocycles. The average Bonchev–Trinajstić information content (AvgIpc) is 3.44. The molecule has 2 heterocycles. The molecule has 0 amide bonds. The van der Waals surface area contributed by atoms with Crippen molar-refractivity contribution < 1.29 is 24.5 Å². The van der Waals surface area contributed by atoms with Crippen molar-refractivity contribution in [3.8, 4) is 11.5 Å². The third-order valence-electron chi connectivity index (χ3n) is 7.50. The molecule has 0 saturated carbocycles. The summed E-state index contributed by atoms with van der Waals surface area (Å²) in [6.45, 7) is 10.7. The number of aliphatic carboxylic acids is 1. The summed E-state index contributed by atoms with van der Waals surface area (Å²) in [5.74, 6) is 0.133. The van der Waals surface area contributed by atoms with Crippen LogP contribution in [0.4, 0.5) is 0 Å². The molecule has 2 N–H and O–H groups in total. The van der Waals surface area contributed by atoms with E-state index in [9.17, 15) is 15.0 Å². The van der Waals surface area contributed by atoms with Crippen LogP contribution in [-0.2, 0) is 14.9 Å². The lowest BCUT2D eigenvalue weighted by atomic mass is 9.66. The Morgan fingerprint density at radius 2 is 2.00 bits per heavy atom. The topological polar surface area (TPSA) is 79.3 Å². The highest BCUT2D eigenvalue weighted by molar-refractivity contribution is 5.87. The first-order chi connectivity index (χ1) is 14.0. The van der Waals surface area contributed by atoms with Gasteiger partial charge in [0, 0.05) is 23.0 Å². The number of carboxylic acids is 1. The summed E-state index contributed by atoms with van der Waals surface area (Å²) in [5.41, 5.74) is 1.69. The number of rotatable bonds is 6. The molecule has 1 aromatic carbocycles. The van der Waals surface area contributed by atoms with Crippen molar-refractivity contribution in [2.24, 2.45) is 5.92 Å². The lowest BCUT2D eigenvalue weighted by molar-refractivity contribution is -0.133. The molecule has 30 heavy (non-hydrogen) atoms. The maximum Gasteiger partial charge on any atom is 0.331 e. The van der Waals surface area contributed by atoms with Gasteiger partial charge in [-0.15, -0.1) is 0 Å². The molecule has 4 rings (SSSR count). The molecule has 1 aliphatic carbocycles. The van der Waals surface area contributed by atoms with E-state index in [1.807, 2.05) is 12.1 Å². The number of phenols is 1. The van der Waals surface area contributed by atoms with E-state index in [0.717, 1.165) is 30.4 Å². The molecule has 4 unspecified atom stereocenters. The van der Waals surface area contributed by atoms with Gasteiger partial charge >= 0.3 is 5.97 Å². The van der Waals surface area contributed by atoms with E-state index in [4.69, 9.17) is 9.47 Å². The van der Waals surface area contributed by atoms with E-state index in [2.05, 4.69) is 40.7 Å². The number of fused-ring (bicyclic) bond motifs is 3. The number of hydrogen-bond donors (Lipinski definition) is 2. The van der Waals surface area contributed by atoms with Gasteiger partial charge in [-0.2, -0.15) is 0 Å². The van der Waals surface area contributed by atoms with Crippen molar-refractivity contribution >= 4 is 5.97 Å². The number of allylic oxidation sites excluding steroid dienone is 1. The van der Waals surface area contributed by atoms with Crippen molar-refractivity contribution in [3.63, 3.8) is 0 Å². The zero-order chi connectivity index (χ0) is 21.8. The van der Waals surface area contributed by atoms with Crippen LogP contribution in [0.5, 0.6) is 11.5 Å². The van der Waals surface area contributed by atoms with Crippen LogP contribution < -0.4 is 4.74 Å². The standard InChI is InChI=1S/C25H34O5/c1-6-19-20(29-19)9-10-24(2,3)15-12-18(26)22-16-11-14(23(27)28)7-8-17(16)25(4,5)30-21(22)13-15/h7,12-13,16-17,19-20,26H,6,8-11H2,1-5H3,(H,27,28). The zero-order valence-electron chi connectivity index (χ0n) is 18.7. The predicted molar refractivity (Wildman–Crippen MR) is 115 cm³/mol. The lowest BCUT2D eigenvalue weighted by Gasteiger charge is -2.47. The van der Waals surface area contributed by atoms with Crippen LogP contribution in [0.15, 0.2) is 23.8 Å². The number of ether oxygens (including phenoxy) is 2. The Balaban J connectivity index is 1.64. The van der Waals surface area contributed by atoms with Gasteiger partial charge in [-0.05, 0) is 69.1 Å². The fraction of sp³-hybridized carbons (Fsp3) is 0.640. The highest BCUT2D eigenvalue weighted by atomic mass is 16.6. The molecule has 1 aromatic rings. The maximum atomic E-state index is 11.6. The van der Waals surface area contributed by atoms with E-state index in [1.165, 1.54) is 0 Å². The van der Waals surface area contributed by atoms with Gasteiger partial charge in [0.15, 0.2) is 0 Å². The van der Waals surface area contributed by atoms with E-state index < -0.39 is 11.6 Å². The largest absolute Gasteiger partial charge is 0.508 e. The highest BCUT2D eigenvalue weighted by Gasteiger charge is 2.47. The number of epoxide rings is 1. The van der Waals surface area contributed by atoms with Gasteiger partial charge in [0.1, 0.15) is 17.1 Å². The second kappa shape index (κ2) is 7.30. The van der Waals surface area contributed by atoms with Crippen molar-refractivity contribution in [2.45, 2.75) is 95.9 Å². The SMILES string of the molecule is CCC1OC1CCC(C)(C)c1cc(O)c2c(c1)OC(C)(C)C1CC=C(C(=O)O)CC21. The first kappa shape index (κ1) is 21.2. The minimum Gasteiger partial charge on any atom is -0.508 e. The fourth-order valence-electron chi connectivity index (χ4n) is 5.40. The van der Waals surface area contributed by atoms with Crippen LogP contribution in [0.2, 0.25) is 0 Å². The van der Waals surface area contributed by atoms with E-state index in [0.29, 0.717) is 36.4 Å². The molecule has 4 atom stereocenters. The summed E-state index contributed by atoms with van der Waals surface area (Å²) in [7, 11) is 0. The van der Waals surface area contributed by atoms with Gasteiger partial charge < -0.3 is 19.7 Å². The number of carboxylic acid groups (broad SMARTS) is 1. The van der Waals surface area contributed by atoms with Crippen LogP contribution in [0.25, 0.3) is 0 Å². The summed E-state index contributed by atoms with van der Waals surface area (Å²) in [6, 6.07) is 3.93. The number of carbonyl (C=O) groups is 1. The van der Waals surface area contributed by atoms with Gasteiger partial charge in [-0.3, -0.25) is 0 Å². The zero-order valence-corrected chi connectivity index (χ0v) is 18.7. The summed E-state index contributed by atoms with van der Waals surface area (Å²) < 4.78 is 12.1. The monoisotopic (exact) mass is 414 g/mol. The molecule has 1 fully saturated rings. The average molecular weight is 415 g/mol. The Labute approximate surface area is 179 Å². The van der Waals surface area contributed by atoms with Crippen molar-refractivity contribution in [3.05, 3.63) is 34.9 Å². The Bertz CT molecular complexity index is 882. The minimum absolute atomic E-state index is 0.0535. The van der Waals surface area contributed by atoms with Gasteiger partial charge in [-0.1, -0.05) is 26.8 Å². The summed E-state index contributed by atoms with van der Waals surface area (Å²) in [6.07, 6.45) is 6.68. The molecule has 3 aliphatic rings. The van der Waals surface area contributed by atoms with Gasteiger partial charge in [0.05, 0.1) is 12.2 Å². The number of aromatic hydroxyl groups is 1. The van der Waals surface area contributed by atoms with Crippen LogP contribution in [0.1, 0.15) is 83.8 Å². The van der Waals surface area contributed by atoms with E-state index in [-0.39, 0.29) is 23.0 Å². The molecule has 0 radical (unpaired) electrons. The van der Waals surface area contributed by atoms with Gasteiger partial charge in [0.25, 0.3) is 0 Å². The van der Waals surface area contributed by atoms with Crippen LogP contribution in [0, 0.1) is 5.92 Å². The number of phenolic OH excluding ortho intramolecular Hbond substituents is 1. The fourth-order valence-corrected chi connectivity index (χ4v) is 5.40. The molecule has 0 spiro atoms. The van der Waals surface area contributed by atoms with Crippen molar-refractivity contribution in [2.75, 3.05) is 0 Å². The first-order valence-corrected chi connectivity index (χ1v) is 11.2. The summed E-state index contributed by atoms with van der Waals surface area (Å²) >= 11 is 0. The second-order valence-electron chi connectivity index (χ2n) is 10.3. The predicted octanol–water partition coefficient (Wildman–Crippen LogP) is 5.30. The van der Waals surface area contributed by atoms with Crippen molar-refractivity contribution in [1.29, 1.82) is 0 Å². The number of benzene rings is 1. The van der Waals surface area contributed by atoms with E-state index >= 15 is 0 Å². The Kier molecular flexibility index (Phi) is 5.16. The molecule has 1 saturated heterocycles. The van der Waals surface area contributed by atoms with Crippen LogP contribution in [-0.4, -0.2) is 34.0 Å². The number of hydrogen-bond acceptors (Lipinski definition) is 4. The molecule has 5 nitrogen and oxygen atoms in total. The molecular weight excluding hydrogens is 380 g/mol. The van der Waals surface area contributed by atoms with Crippen LogP contribution >= 0.6 is 0 Å². The van der Waals surface area contributed by atoms with Gasteiger partial charge in [0.2, 0.25) is 0 Å². The van der Waals surface area contributed by atoms with Crippen molar-refractivity contribution in [1.82, 2.24) is 0 Å². The highest BCUT2D eigenvalue weighted by Crippen LogP contribution is 2.55. The summed E-state index contributed by atoms with van der Waals surface area (Å²) in [5, 5.41) is 20.5. The Morgan fingerprint density at radius 3 is 2.63 bits per heavy atom. The second-order valence-corrected chi connectivity index (χ2v) is 10.3. The molecule has 0 bridgehead atoms. The van der Waals surface area contributed by atoms with E-state index in [1.54, 1.807) is 0 Å². The Hall–Kier alpha value is -2.01. The molecule has 5 heteroatoms. The molecule has 2 aliphatic heterocycles. The normalized spacial score (nSPS) is 29.3. The molecular formula is C25H34O5. The molecule has 164 valence electrons. The first-order valence-electron chi connectivity index (χ1n) is 11.2. The van der Waals surface area contributed by atoms with Gasteiger partial charge in [-0.25, -0.2) is 4.79 Å². The lowest BCUT2D eigenvalue weighted by Crippen LogP contribution is -2.46. The Morgan fingerprint density at radius 1 is 1.27 bits per heavy atom. The maximum absolute atomic E-state index is 11.6. The summed E-state index contributed by atoms with van der Waals surface area (Å²) in [4.78, 5) is 11.6. The minimum atomic E-state index is -0.871. The quantitative estimate of drug-likeness (QED) is 0.617. The third kappa shape index (κ3) is 3.73. The third-order valence-corrected chi connectivity index (χ3v) is 7.50. The van der Waals surface area contributed by atoms with Crippen LogP contribution in [0.3, 0.4) is 0 Å². The smallest absolute Gasteiger partial charge is 0.331 e.